The lowest BCUT2D eigenvalue weighted by atomic mass is 10.5. The van der Waals surface area contributed by atoms with Gasteiger partial charge in [0.15, 0.2) is 0 Å². The summed E-state index contributed by atoms with van der Waals surface area (Å²) in [7, 11) is 0. The number of carbonyl (C=O) groups excluding carboxylic acids is 1. The largest absolute Gasteiger partial charge is 0.368 e. The minimum absolute atomic E-state index is 0.0911. The maximum atomic E-state index is 10.6. The number of nitrogens with zero attached hydrogens (tertiary/aromatic N) is 3. The van der Waals surface area contributed by atoms with Gasteiger partial charge in [0.05, 0.1) is 6.54 Å². The predicted octanol–water partition coefficient (Wildman–Crippen LogP) is -1.30. The van der Waals surface area contributed by atoms with Gasteiger partial charge in [0, 0.05) is 6.54 Å². The van der Waals surface area contributed by atoms with E-state index in [4.69, 9.17) is 11.5 Å². The van der Waals surface area contributed by atoms with Crippen molar-refractivity contribution in [2.24, 2.45) is 5.73 Å². The number of anilines is 2. The van der Waals surface area contributed by atoms with Gasteiger partial charge in [-0.2, -0.15) is 4.98 Å². The molecule has 7 heteroatoms. The number of likely N-dealkylation sites (N-methyl/N-ethyl adjacent to an activating group) is 1. The maximum Gasteiger partial charge on any atom is 0.246 e. The van der Waals surface area contributed by atoms with Crippen LogP contribution in [0.3, 0.4) is 0 Å². The lowest BCUT2D eigenvalue weighted by Crippen LogP contribution is -2.34. The number of nitrogens with one attached hydrogen (secondary N) is 1. The standard InChI is InChI=1S/C6H12N6O/c1-2-12(3-4(7)13)6-9-5(8)10-11-6/h2-3H2,1H3,(H2,7,13)(H3,8,9,10,11). The molecule has 13 heavy (non-hydrogen) atoms. The number of nitrogen functional groups attached to an aromatic ring is 1. The normalized spacial score (nSPS) is 9.92. The van der Waals surface area contributed by atoms with E-state index >= 15 is 0 Å². The number of aromatic amines is 1. The van der Waals surface area contributed by atoms with Crippen LogP contribution in [0.1, 0.15) is 6.92 Å². The molecule has 0 unspecified atom stereocenters. The van der Waals surface area contributed by atoms with Gasteiger partial charge in [-0.3, -0.25) is 4.79 Å². The van der Waals surface area contributed by atoms with Crippen molar-refractivity contribution < 1.29 is 4.79 Å². The summed E-state index contributed by atoms with van der Waals surface area (Å²) < 4.78 is 0. The van der Waals surface area contributed by atoms with E-state index in [-0.39, 0.29) is 12.5 Å². The highest BCUT2D eigenvalue weighted by molar-refractivity contribution is 5.78. The first-order valence-corrected chi connectivity index (χ1v) is 3.84. The number of H-pyrrole nitrogens is 1. The molecule has 0 aliphatic heterocycles. The molecule has 0 aromatic carbocycles. The van der Waals surface area contributed by atoms with Crippen molar-refractivity contribution in [3.63, 3.8) is 0 Å². The molecule has 0 aliphatic carbocycles. The third-order valence-electron chi connectivity index (χ3n) is 1.50. The third kappa shape index (κ3) is 2.32. The van der Waals surface area contributed by atoms with Gasteiger partial charge in [-0.05, 0) is 6.92 Å². The van der Waals surface area contributed by atoms with E-state index in [9.17, 15) is 4.79 Å². The molecular weight excluding hydrogens is 172 g/mol. The van der Waals surface area contributed by atoms with Crippen LogP contribution >= 0.6 is 0 Å². The SMILES string of the molecule is CCN(CC(N)=O)c1n[nH]c(N)n1. The Morgan fingerprint density at radius 3 is 2.77 bits per heavy atom. The van der Waals surface area contributed by atoms with E-state index in [0.717, 1.165) is 0 Å². The van der Waals surface area contributed by atoms with Crippen LogP contribution in [-0.4, -0.2) is 34.2 Å². The fourth-order valence-electron chi connectivity index (χ4n) is 0.918. The van der Waals surface area contributed by atoms with Crippen LogP contribution in [-0.2, 0) is 4.79 Å². The Kier molecular flexibility index (Phi) is 2.68. The van der Waals surface area contributed by atoms with Crippen LogP contribution in [0.15, 0.2) is 0 Å². The van der Waals surface area contributed by atoms with Crippen molar-refractivity contribution in [3.05, 3.63) is 0 Å². The first-order valence-electron chi connectivity index (χ1n) is 3.84. The molecule has 1 heterocycles. The van der Waals surface area contributed by atoms with Gasteiger partial charge in [0.1, 0.15) is 0 Å². The summed E-state index contributed by atoms with van der Waals surface area (Å²) in [6.07, 6.45) is 0. The number of nitrogens with two attached hydrogens (primary N) is 2. The molecule has 1 aromatic rings. The summed E-state index contributed by atoms with van der Waals surface area (Å²) in [6, 6.07) is 0. The topological polar surface area (TPSA) is 114 Å². The highest BCUT2D eigenvalue weighted by Crippen LogP contribution is 2.05. The summed E-state index contributed by atoms with van der Waals surface area (Å²) in [5, 5.41) is 6.28. The molecule has 0 radical (unpaired) electrons. The Hall–Kier alpha value is -1.79. The maximum absolute atomic E-state index is 10.6. The van der Waals surface area contributed by atoms with E-state index in [2.05, 4.69) is 15.2 Å². The summed E-state index contributed by atoms with van der Waals surface area (Å²) >= 11 is 0. The second kappa shape index (κ2) is 3.74. The van der Waals surface area contributed by atoms with Gasteiger partial charge in [0.2, 0.25) is 17.8 Å². The monoisotopic (exact) mass is 184 g/mol. The van der Waals surface area contributed by atoms with Crippen molar-refractivity contribution >= 4 is 17.8 Å². The molecule has 1 aromatic heterocycles. The lowest BCUT2D eigenvalue weighted by molar-refractivity contribution is -0.116. The second-order valence-electron chi connectivity index (χ2n) is 2.50. The highest BCUT2D eigenvalue weighted by Gasteiger charge is 2.11. The predicted molar refractivity (Wildman–Crippen MR) is 47.9 cm³/mol. The van der Waals surface area contributed by atoms with Gasteiger partial charge in [-0.25, -0.2) is 5.10 Å². The van der Waals surface area contributed by atoms with Crippen molar-refractivity contribution in [2.75, 3.05) is 23.7 Å². The Balaban J connectivity index is 2.72. The minimum Gasteiger partial charge on any atom is -0.368 e. The first kappa shape index (κ1) is 9.30. The van der Waals surface area contributed by atoms with E-state index in [1.165, 1.54) is 0 Å². The number of rotatable bonds is 4. The molecule has 0 saturated carbocycles. The van der Waals surface area contributed by atoms with E-state index in [1.54, 1.807) is 4.90 Å². The molecule has 72 valence electrons. The zero-order valence-electron chi connectivity index (χ0n) is 7.32. The molecule has 1 amide bonds. The number of amides is 1. The highest BCUT2D eigenvalue weighted by atomic mass is 16.1. The Bertz CT molecular complexity index is 295. The van der Waals surface area contributed by atoms with Gasteiger partial charge in [-0.1, -0.05) is 0 Å². The molecule has 0 spiro atoms. The number of primary amides is 1. The number of aromatic nitrogens is 3. The van der Waals surface area contributed by atoms with Crippen LogP contribution in [0, 0.1) is 0 Å². The van der Waals surface area contributed by atoms with E-state index in [1.807, 2.05) is 6.92 Å². The number of hydrogen-bond donors (Lipinski definition) is 3. The van der Waals surface area contributed by atoms with Crippen LogP contribution in [0.5, 0.6) is 0 Å². The summed E-state index contributed by atoms with van der Waals surface area (Å²) in [4.78, 5) is 16.1. The molecular formula is C6H12N6O. The van der Waals surface area contributed by atoms with E-state index < -0.39 is 5.91 Å². The molecule has 0 fully saturated rings. The average Bonchev–Trinajstić information content (AvgIpc) is 2.47. The number of carbonyl (C=O) groups is 1. The second-order valence-corrected chi connectivity index (χ2v) is 2.50. The molecule has 7 nitrogen and oxygen atoms in total. The number of hydrogen-bond acceptors (Lipinski definition) is 5. The van der Waals surface area contributed by atoms with Crippen LogP contribution in [0.4, 0.5) is 11.9 Å². The summed E-state index contributed by atoms with van der Waals surface area (Å²) in [6.45, 7) is 2.56. The van der Waals surface area contributed by atoms with Crippen molar-refractivity contribution in [2.45, 2.75) is 6.92 Å². The third-order valence-corrected chi connectivity index (χ3v) is 1.50. The van der Waals surface area contributed by atoms with Crippen LogP contribution in [0.2, 0.25) is 0 Å². The fourth-order valence-corrected chi connectivity index (χ4v) is 0.918. The molecule has 0 atom stereocenters. The molecule has 0 aliphatic rings. The Labute approximate surface area is 75.1 Å². The molecule has 5 N–H and O–H groups in total. The smallest absolute Gasteiger partial charge is 0.246 e. The fraction of sp³-hybridized carbons (Fsp3) is 0.500. The average molecular weight is 184 g/mol. The van der Waals surface area contributed by atoms with Gasteiger partial charge >= 0.3 is 0 Å². The van der Waals surface area contributed by atoms with E-state index in [0.29, 0.717) is 12.5 Å². The van der Waals surface area contributed by atoms with Gasteiger partial charge < -0.3 is 16.4 Å². The zero-order chi connectivity index (χ0) is 9.84. The molecule has 0 saturated heterocycles. The quantitative estimate of drug-likeness (QED) is 0.538. The zero-order valence-corrected chi connectivity index (χ0v) is 7.32. The van der Waals surface area contributed by atoms with Crippen molar-refractivity contribution in [1.29, 1.82) is 0 Å². The van der Waals surface area contributed by atoms with Gasteiger partial charge in [0.25, 0.3) is 0 Å². The first-order chi connectivity index (χ1) is 6.13. The molecule has 0 bridgehead atoms. The van der Waals surface area contributed by atoms with Gasteiger partial charge in [-0.15, -0.1) is 5.10 Å². The Morgan fingerprint density at radius 2 is 2.38 bits per heavy atom. The summed E-state index contributed by atoms with van der Waals surface area (Å²) in [5.74, 6) is 0.182. The lowest BCUT2D eigenvalue weighted by Gasteiger charge is -2.15. The minimum atomic E-state index is -0.426. The van der Waals surface area contributed by atoms with Crippen molar-refractivity contribution in [1.82, 2.24) is 15.2 Å². The van der Waals surface area contributed by atoms with Crippen molar-refractivity contribution in [3.8, 4) is 0 Å². The molecule has 1 rings (SSSR count). The Morgan fingerprint density at radius 1 is 1.69 bits per heavy atom. The summed E-state index contributed by atoms with van der Waals surface area (Å²) in [5.41, 5.74) is 10.4. The van der Waals surface area contributed by atoms with Crippen LogP contribution in [0.25, 0.3) is 0 Å². The van der Waals surface area contributed by atoms with Crippen LogP contribution < -0.4 is 16.4 Å².